The van der Waals surface area contributed by atoms with Crippen molar-refractivity contribution in [1.82, 2.24) is 9.88 Å². The summed E-state index contributed by atoms with van der Waals surface area (Å²) in [4.78, 5) is 20.6. The predicted molar refractivity (Wildman–Crippen MR) is 123 cm³/mol. The number of thiazole rings is 1. The van der Waals surface area contributed by atoms with E-state index in [-0.39, 0.29) is 17.8 Å². The zero-order chi connectivity index (χ0) is 21.6. The Labute approximate surface area is 190 Å². The molecule has 4 nitrogen and oxygen atoms in total. The summed E-state index contributed by atoms with van der Waals surface area (Å²) in [5, 5.41) is 3.15. The number of amides is 1. The van der Waals surface area contributed by atoms with E-state index in [4.69, 9.17) is 4.74 Å². The molecule has 2 heterocycles. The van der Waals surface area contributed by atoms with Gasteiger partial charge in [0, 0.05) is 41.3 Å². The summed E-state index contributed by atoms with van der Waals surface area (Å²) in [7, 11) is 0. The number of ether oxygens (including phenoxy) is 1. The molecular weight excluding hydrogens is 431 g/mol. The van der Waals surface area contributed by atoms with E-state index < -0.39 is 0 Å². The van der Waals surface area contributed by atoms with Gasteiger partial charge in [-0.05, 0) is 61.7 Å². The van der Waals surface area contributed by atoms with Gasteiger partial charge in [-0.1, -0.05) is 12.1 Å². The highest BCUT2D eigenvalue weighted by molar-refractivity contribution is 7.98. The van der Waals surface area contributed by atoms with Gasteiger partial charge in [-0.25, -0.2) is 9.37 Å². The fourth-order valence-corrected chi connectivity index (χ4v) is 5.13. The van der Waals surface area contributed by atoms with Gasteiger partial charge < -0.3 is 9.64 Å². The number of aryl methyl sites for hydroxylation is 1. The molecule has 1 aromatic heterocycles. The van der Waals surface area contributed by atoms with Crippen molar-refractivity contribution in [3.05, 3.63) is 81.6 Å². The third-order valence-corrected chi connectivity index (χ3v) is 7.02. The van der Waals surface area contributed by atoms with Crippen LogP contribution in [0.3, 0.4) is 0 Å². The van der Waals surface area contributed by atoms with Crippen LogP contribution in [0.5, 0.6) is 0 Å². The molecule has 162 valence electrons. The molecule has 0 N–H and O–H groups in total. The highest BCUT2D eigenvalue weighted by atomic mass is 32.2. The summed E-state index contributed by atoms with van der Waals surface area (Å²) in [6.45, 7) is 3.60. The van der Waals surface area contributed by atoms with Gasteiger partial charge in [0.25, 0.3) is 5.91 Å². The molecule has 0 bridgehead atoms. The van der Waals surface area contributed by atoms with Crippen LogP contribution in [0.1, 0.15) is 39.5 Å². The number of hydrogen-bond acceptors (Lipinski definition) is 5. The minimum Gasteiger partial charge on any atom is -0.376 e. The summed E-state index contributed by atoms with van der Waals surface area (Å²) >= 11 is 3.36. The van der Waals surface area contributed by atoms with Gasteiger partial charge in [-0.2, -0.15) is 0 Å². The van der Waals surface area contributed by atoms with Crippen molar-refractivity contribution in [2.75, 3.05) is 13.2 Å². The fourth-order valence-electron chi connectivity index (χ4n) is 3.62. The minimum absolute atomic E-state index is 0.0360. The maximum Gasteiger partial charge on any atom is 0.254 e. The zero-order valence-corrected chi connectivity index (χ0v) is 19.1. The Morgan fingerprint density at radius 2 is 2.13 bits per heavy atom. The second-order valence-electron chi connectivity index (χ2n) is 7.62. The standard InChI is InChI=1S/C24H25FN2O2S2/c1-17-26-21(15-30-17)16-31-23-9-7-19(8-10-23)24(28)27(14-22-6-3-11-29-22)13-18-4-2-5-20(25)12-18/h2,4-5,7-10,12,15,22H,3,6,11,13-14,16H2,1H3. The molecule has 0 saturated carbocycles. The van der Waals surface area contributed by atoms with Crippen molar-refractivity contribution in [2.45, 2.75) is 43.1 Å². The Morgan fingerprint density at radius 1 is 1.29 bits per heavy atom. The summed E-state index contributed by atoms with van der Waals surface area (Å²) in [6.07, 6.45) is 1.99. The number of nitrogens with zero attached hydrogens (tertiary/aromatic N) is 2. The average Bonchev–Trinajstić information content (AvgIpc) is 3.43. The van der Waals surface area contributed by atoms with E-state index in [9.17, 15) is 9.18 Å². The predicted octanol–water partition coefficient (Wildman–Crippen LogP) is 5.70. The summed E-state index contributed by atoms with van der Waals surface area (Å²) < 4.78 is 19.4. The molecule has 4 rings (SSSR count). The number of benzene rings is 2. The number of carbonyl (C=O) groups excluding carboxylic acids is 1. The number of aromatic nitrogens is 1. The van der Waals surface area contributed by atoms with Crippen LogP contribution in [-0.4, -0.2) is 35.0 Å². The first-order valence-electron chi connectivity index (χ1n) is 10.4. The number of hydrogen-bond donors (Lipinski definition) is 0. The Balaban J connectivity index is 1.44. The Hall–Kier alpha value is -2.22. The van der Waals surface area contributed by atoms with Crippen molar-refractivity contribution in [2.24, 2.45) is 0 Å². The number of thioether (sulfide) groups is 1. The normalized spacial score (nSPS) is 15.9. The van der Waals surface area contributed by atoms with Crippen LogP contribution in [0.25, 0.3) is 0 Å². The molecule has 2 aromatic carbocycles. The molecule has 0 spiro atoms. The van der Waals surface area contributed by atoms with Crippen LogP contribution >= 0.6 is 23.1 Å². The Kier molecular flexibility index (Phi) is 7.37. The maximum absolute atomic E-state index is 13.7. The smallest absolute Gasteiger partial charge is 0.254 e. The minimum atomic E-state index is -0.293. The monoisotopic (exact) mass is 456 g/mol. The summed E-state index contributed by atoms with van der Waals surface area (Å²) in [6, 6.07) is 14.1. The van der Waals surface area contributed by atoms with Crippen molar-refractivity contribution >= 4 is 29.0 Å². The molecule has 0 radical (unpaired) electrons. The van der Waals surface area contributed by atoms with Gasteiger partial charge in [0.1, 0.15) is 5.82 Å². The van der Waals surface area contributed by atoms with Gasteiger partial charge in [0.15, 0.2) is 0 Å². The molecule has 7 heteroatoms. The molecule has 0 aliphatic carbocycles. The lowest BCUT2D eigenvalue weighted by molar-refractivity contribution is 0.0507. The second-order valence-corrected chi connectivity index (χ2v) is 9.73. The summed E-state index contributed by atoms with van der Waals surface area (Å²) in [5.41, 5.74) is 2.48. The van der Waals surface area contributed by atoms with E-state index in [0.717, 1.165) is 46.4 Å². The van der Waals surface area contributed by atoms with Gasteiger partial charge in [-0.15, -0.1) is 23.1 Å². The second kappa shape index (κ2) is 10.4. The Morgan fingerprint density at radius 3 is 2.81 bits per heavy atom. The van der Waals surface area contributed by atoms with Crippen LogP contribution in [0.15, 0.2) is 58.8 Å². The molecule has 1 aliphatic heterocycles. The first kappa shape index (κ1) is 22.0. The fraction of sp³-hybridized carbons (Fsp3) is 0.333. The quantitative estimate of drug-likeness (QED) is 0.408. The maximum atomic E-state index is 13.7. The molecule has 1 aliphatic rings. The van der Waals surface area contributed by atoms with E-state index in [1.54, 1.807) is 34.1 Å². The molecule has 1 fully saturated rings. The van der Waals surface area contributed by atoms with Crippen molar-refractivity contribution in [1.29, 1.82) is 0 Å². The van der Waals surface area contributed by atoms with Gasteiger partial charge >= 0.3 is 0 Å². The largest absolute Gasteiger partial charge is 0.376 e. The van der Waals surface area contributed by atoms with Gasteiger partial charge in [0.2, 0.25) is 0 Å². The zero-order valence-electron chi connectivity index (χ0n) is 17.4. The molecular formula is C24H25FN2O2S2. The van der Waals surface area contributed by atoms with E-state index in [0.29, 0.717) is 18.7 Å². The van der Waals surface area contributed by atoms with Crippen molar-refractivity contribution in [3.63, 3.8) is 0 Å². The number of rotatable bonds is 8. The first-order valence-corrected chi connectivity index (χ1v) is 12.2. The molecule has 31 heavy (non-hydrogen) atoms. The lowest BCUT2D eigenvalue weighted by Crippen LogP contribution is -2.37. The van der Waals surface area contributed by atoms with Crippen LogP contribution < -0.4 is 0 Å². The van der Waals surface area contributed by atoms with Crippen LogP contribution in [-0.2, 0) is 17.0 Å². The molecule has 3 aromatic rings. The summed E-state index contributed by atoms with van der Waals surface area (Å²) in [5.74, 6) is 0.452. The SMILES string of the molecule is Cc1nc(CSc2ccc(C(=O)N(Cc3cccc(F)c3)CC3CCCO3)cc2)cs1. The van der Waals surface area contributed by atoms with Crippen molar-refractivity contribution in [3.8, 4) is 0 Å². The molecule has 1 amide bonds. The highest BCUT2D eigenvalue weighted by Crippen LogP contribution is 2.25. The molecule has 1 unspecified atom stereocenters. The number of carbonyl (C=O) groups is 1. The average molecular weight is 457 g/mol. The van der Waals surface area contributed by atoms with E-state index in [1.807, 2.05) is 37.3 Å². The highest BCUT2D eigenvalue weighted by Gasteiger charge is 2.24. The number of halogens is 1. The van der Waals surface area contributed by atoms with E-state index in [2.05, 4.69) is 10.4 Å². The van der Waals surface area contributed by atoms with Crippen LogP contribution in [0, 0.1) is 12.7 Å². The van der Waals surface area contributed by atoms with E-state index >= 15 is 0 Å². The van der Waals surface area contributed by atoms with E-state index in [1.165, 1.54) is 12.1 Å². The first-order chi connectivity index (χ1) is 15.1. The third kappa shape index (κ3) is 6.15. The molecule has 1 atom stereocenters. The lowest BCUT2D eigenvalue weighted by atomic mass is 10.1. The van der Waals surface area contributed by atoms with Gasteiger partial charge in [-0.3, -0.25) is 4.79 Å². The van der Waals surface area contributed by atoms with Gasteiger partial charge in [0.05, 0.1) is 16.8 Å². The topological polar surface area (TPSA) is 42.4 Å². The van der Waals surface area contributed by atoms with Crippen LogP contribution in [0.2, 0.25) is 0 Å². The molecule has 1 saturated heterocycles. The van der Waals surface area contributed by atoms with Crippen LogP contribution in [0.4, 0.5) is 4.39 Å². The van der Waals surface area contributed by atoms with Crippen molar-refractivity contribution < 1.29 is 13.9 Å². The lowest BCUT2D eigenvalue weighted by Gasteiger charge is -2.26. The Bertz CT molecular complexity index is 1020. The third-order valence-electron chi connectivity index (χ3n) is 5.15.